The van der Waals surface area contributed by atoms with E-state index in [-0.39, 0.29) is 67.6 Å². The Morgan fingerprint density at radius 2 is 1.07 bits per heavy atom. The molecule has 0 aliphatic rings. The van der Waals surface area contributed by atoms with Crippen molar-refractivity contribution in [1.82, 2.24) is 0 Å². The average molecular weight is 572 g/mol. The molecule has 0 radical (unpaired) electrons. The van der Waals surface area contributed by atoms with Crippen molar-refractivity contribution in [2.24, 2.45) is 0 Å². The van der Waals surface area contributed by atoms with E-state index in [0.717, 1.165) is 30.3 Å². The van der Waals surface area contributed by atoms with E-state index in [1.165, 1.54) is 30.5 Å². The Kier molecular flexibility index (Phi) is 6.72. The summed E-state index contributed by atoms with van der Waals surface area (Å²) in [6.45, 7) is 0. The van der Waals surface area contributed by atoms with Gasteiger partial charge in [-0.15, -0.1) is 0 Å². The van der Waals surface area contributed by atoms with Gasteiger partial charge in [0.1, 0.15) is 56.9 Å². The molecule has 0 aliphatic carbocycles. The predicted molar refractivity (Wildman–Crippen MR) is 149 cm³/mol. The van der Waals surface area contributed by atoms with E-state index in [9.17, 15) is 50.4 Å². The molecule has 8 N–H and O–H groups in total. The van der Waals surface area contributed by atoms with Crippen LogP contribution >= 0.6 is 0 Å². The lowest BCUT2D eigenvalue weighted by Gasteiger charge is -2.08. The second-order valence-electron chi connectivity index (χ2n) is 9.01. The Morgan fingerprint density at radius 3 is 1.69 bits per heavy atom. The smallest absolute Gasteiger partial charge is 0.238 e. The van der Waals surface area contributed by atoms with Crippen LogP contribution in [0.4, 0.5) is 0 Å². The zero-order valence-electron chi connectivity index (χ0n) is 21.1. The average Bonchev–Trinajstić information content (AvgIpc) is 2.93. The maximum Gasteiger partial charge on any atom is 0.238 e. The fraction of sp³-hybridized carbons (Fsp3) is 0. The summed E-state index contributed by atoms with van der Waals surface area (Å²) in [7, 11) is 0. The highest BCUT2D eigenvalue weighted by molar-refractivity contribution is 5.89. The molecule has 42 heavy (non-hydrogen) atoms. The fourth-order valence-electron chi connectivity index (χ4n) is 4.19. The van der Waals surface area contributed by atoms with E-state index in [1.54, 1.807) is 12.1 Å². The fourth-order valence-corrected chi connectivity index (χ4v) is 4.19. The lowest BCUT2D eigenvalue weighted by molar-refractivity contribution is 0.403. The van der Waals surface area contributed by atoms with Crippen molar-refractivity contribution in [3.8, 4) is 68.4 Å². The van der Waals surface area contributed by atoms with Crippen LogP contribution in [0.5, 0.6) is 46.0 Å². The number of rotatable bonds is 2. The minimum atomic E-state index is -0.888. The van der Waals surface area contributed by atoms with Crippen LogP contribution in [0.2, 0.25) is 0 Å². The molecular formula is C30H20O12. The summed E-state index contributed by atoms with van der Waals surface area (Å²) in [4.78, 5) is 24.5. The first-order valence-corrected chi connectivity index (χ1v) is 12.0. The molecule has 12 nitrogen and oxygen atoms in total. The number of benzene rings is 4. The van der Waals surface area contributed by atoms with E-state index in [4.69, 9.17) is 8.83 Å². The summed E-state index contributed by atoms with van der Waals surface area (Å²) in [6.07, 6.45) is 1.26. The van der Waals surface area contributed by atoms with E-state index >= 15 is 0 Å². The van der Waals surface area contributed by atoms with Gasteiger partial charge in [-0.05, 0) is 35.9 Å². The monoisotopic (exact) mass is 572 g/mol. The highest BCUT2D eigenvalue weighted by atomic mass is 16.4. The number of phenolic OH excluding ortho intramolecular Hbond substituents is 7. The molecule has 0 saturated carbocycles. The van der Waals surface area contributed by atoms with Gasteiger partial charge in [0.15, 0.2) is 17.3 Å². The molecule has 0 amide bonds. The molecule has 212 valence electrons. The summed E-state index contributed by atoms with van der Waals surface area (Å²) < 4.78 is 10.6. The normalized spacial score (nSPS) is 10.9. The first kappa shape index (κ1) is 27.3. The molecule has 0 aliphatic heterocycles. The van der Waals surface area contributed by atoms with Crippen LogP contribution in [0, 0.1) is 0 Å². The summed E-state index contributed by atoms with van der Waals surface area (Å²) in [5.74, 6) is -3.15. The van der Waals surface area contributed by atoms with Crippen molar-refractivity contribution in [1.29, 1.82) is 0 Å². The van der Waals surface area contributed by atoms with Crippen LogP contribution in [0.1, 0.15) is 0 Å². The van der Waals surface area contributed by atoms with Gasteiger partial charge < -0.3 is 49.7 Å². The van der Waals surface area contributed by atoms with Crippen LogP contribution in [-0.2, 0) is 0 Å². The quantitative estimate of drug-likeness (QED) is 0.134. The van der Waals surface area contributed by atoms with Crippen LogP contribution < -0.4 is 10.9 Å². The number of hydrogen-bond acceptors (Lipinski definition) is 12. The molecular weight excluding hydrogens is 552 g/mol. The van der Waals surface area contributed by atoms with Gasteiger partial charge in [0, 0.05) is 29.8 Å². The third-order valence-electron chi connectivity index (χ3n) is 6.19. The summed E-state index contributed by atoms with van der Waals surface area (Å²) in [6, 6.07) is 14.0. The Labute approximate surface area is 233 Å². The largest absolute Gasteiger partial charge is 0.508 e. The minimum Gasteiger partial charge on any atom is -0.508 e. The SMILES string of the molecule is O=c1c(-c2ccc(O)cc2)coc2cc(O)cc(O)c12.O=c1c(O)c(-c2ccc(O)c(O)c2)oc2cc(O)cc(O)c12. The minimum absolute atomic E-state index is 0.00775. The molecule has 6 aromatic rings. The standard InChI is InChI=1S/C15H10O7.C15H10O5/c16-7-4-10(19)12-11(5-7)22-15(14(21)13(12)20)6-1-2-8(17)9(18)3-6;16-9-3-1-8(2-4-9)11-7-20-13-6-10(17)5-12(18)14(13)15(11)19/h1-5,16-19,21H;1-7,16-18H. The van der Waals surface area contributed by atoms with E-state index in [0.29, 0.717) is 5.56 Å². The van der Waals surface area contributed by atoms with Crippen LogP contribution in [0.15, 0.2) is 91.4 Å². The van der Waals surface area contributed by atoms with Crippen molar-refractivity contribution in [2.45, 2.75) is 0 Å². The molecule has 4 aromatic carbocycles. The van der Waals surface area contributed by atoms with Crippen molar-refractivity contribution in [3.05, 3.63) is 93.4 Å². The van der Waals surface area contributed by atoms with Crippen molar-refractivity contribution < 1.29 is 49.7 Å². The van der Waals surface area contributed by atoms with Crippen LogP contribution in [0.3, 0.4) is 0 Å². The van der Waals surface area contributed by atoms with E-state index in [2.05, 4.69) is 0 Å². The second kappa shape index (κ2) is 10.4. The van der Waals surface area contributed by atoms with Crippen molar-refractivity contribution >= 4 is 21.9 Å². The molecule has 12 heteroatoms. The van der Waals surface area contributed by atoms with Crippen LogP contribution in [-0.4, -0.2) is 40.9 Å². The van der Waals surface area contributed by atoms with Gasteiger partial charge >= 0.3 is 0 Å². The van der Waals surface area contributed by atoms with Gasteiger partial charge in [-0.25, -0.2) is 0 Å². The van der Waals surface area contributed by atoms with Gasteiger partial charge in [-0.2, -0.15) is 0 Å². The summed E-state index contributed by atoms with van der Waals surface area (Å²) in [5, 5.41) is 76.0. The first-order valence-electron chi connectivity index (χ1n) is 12.0. The maximum atomic E-state index is 12.4. The van der Waals surface area contributed by atoms with E-state index < -0.39 is 28.1 Å². The molecule has 6 rings (SSSR count). The molecule has 0 fully saturated rings. The molecule has 0 atom stereocenters. The number of phenols is 7. The number of aromatic hydroxyl groups is 8. The highest BCUT2D eigenvalue weighted by Gasteiger charge is 2.19. The molecule has 0 bridgehead atoms. The third-order valence-corrected chi connectivity index (χ3v) is 6.19. The Morgan fingerprint density at radius 1 is 0.500 bits per heavy atom. The van der Waals surface area contributed by atoms with Gasteiger partial charge in [-0.1, -0.05) is 12.1 Å². The topological polar surface area (TPSA) is 222 Å². The van der Waals surface area contributed by atoms with Crippen LogP contribution in [0.25, 0.3) is 44.4 Å². The van der Waals surface area contributed by atoms with Gasteiger partial charge in [0.05, 0.1) is 5.56 Å². The molecule has 2 heterocycles. The number of hydrogen-bond donors (Lipinski definition) is 8. The van der Waals surface area contributed by atoms with Gasteiger partial charge in [0.25, 0.3) is 0 Å². The molecule has 0 saturated heterocycles. The highest BCUT2D eigenvalue weighted by Crippen LogP contribution is 2.37. The second-order valence-corrected chi connectivity index (χ2v) is 9.01. The lowest BCUT2D eigenvalue weighted by atomic mass is 10.0. The van der Waals surface area contributed by atoms with Gasteiger partial charge in [0.2, 0.25) is 16.6 Å². The van der Waals surface area contributed by atoms with Crippen molar-refractivity contribution in [2.75, 3.05) is 0 Å². The third kappa shape index (κ3) is 4.91. The molecule has 2 aromatic heterocycles. The van der Waals surface area contributed by atoms with Gasteiger partial charge in [-0.3, -0.25) is 9.59 Å². The van der Waals surface area contributed by atoms with E-state index in [1.807, 2.05) is 0 Å². The Hall–Kier alpha value is -6.30. The lowest BCUT2D eigenvalue weighted by Crippen LogP contribution is -2.04. The Bertz CT molecular complexity index is 2110. The zero-order valence-corrected chi connectivity index (χ0v) is 21.1. The molecule has 0 unspecified atom stereocenters. The predicted octanol–water partition coefficient (Wildman–Crippen LogP) is 4.56. The first-order chi connectivity index (χ1) is 19.9. The Balaban J connectivity index is 0.000000169. The zero-order chi connectivity index (χ0) is 30.3. The number of fused-ring (bicyclic) bond motifs is 2. The summed E-state index contributed by atoms with van der Waals surface area (Å²) >= 11 is 0. The maximum absolute atomic E-state index is 12.4. The van der Waals surface area contributed by atoms with Crippen molar-refractivity contribution in [3.63, 3.8) is 0 Å². The molecule has 0 spiro atoms. The summed E-state index contributed by atoms with van der Waals surface area (Å²) in [5.41, 5.74) is -0.368.